The molecule has 1 atom stereocenters. The molecule has 92 valence electrons. The Balaban J connectivity index is 2.85. The van der Waals surface area contributed by atoms with Gasteiger partial charge in [-0.25, -0.2) is 0 Å². The van der Waals surface area contributed by atoms with E-state index in [0.717, 1.165) is 5.69 Å². The molecule has 1 aromatic rings. The third-order valence-electron chi connectivity index (χ3n) is 2.35. The van der Waals surface area contributed by atoms with Crippen LogP contribution < -0.4 is 5.32 Å². The van der Waals surface area contributed by atoms with Crippen molar-refractivity contribution in [3.63, 3.8) is 0 Å². The third-order valence-corrected chi connectivity index (χ3v) is 2.64. The van der Waals surface area contributed by atoms with Crippen molar-refractivity contribution in [2.75, 3.05) is 34.5 Å². The van der Waals surface area contributed by atoms with Crippen LogP contribution in [0, 0.1) is 0 Å². The summed E-state index contributed by atoms with van der Waals surface area (Å²) >= 11 is 6.11. The maximum absolute atomic E-state index is 6.11. The van der Waals surface area contributed by atoms with Gasteiger partial charge in [0.15, 0.2) is 0 Å². The summed E-state index contributed by atoms with van der Waals surface area (Å²) in [5, 5.41) is 8.01. The van der Waals surface area contributed by atoms with Crippen LogP contribution in [0.5, 0.6) is 0 Å². The first-order chi connectivity index (χ1) is 7.74. The Morgan fingerprint density at radius 3 is 2.81 bits per heavy atom. The molecule has 0 bridgehead atoms. The number of nitrogens with zero attached hydrogens (tertiary/aromatic N) is 2. The lowest BCUT2D eigenvalue weighted by molar-refractivity contribution is 0.160. The maximum atomic E-state index is 6.11. The highest BCUT2D eigenvalue weighted by molar-refractivity contribution is 6.31. The summed E-state index contributed by atoms with van der Waals surface area (Å²) in [7, 11) is 5.19. The minimum Gasteiger partial charge on any atom is -0.383 e. The van der Waals surface area contributed by atoms with E-state index >= 15 is 0 Å². The largest absolute Gasteiger partial charge is 0.383 e. The Hall–Kier alpha value is -0.620. The lowest BCUT2D eigenvalue weighted by Gasteiger charge is -2.17. The molecule has 1 N–H and O–H groups in total. The van der Waals surface area contributed by atoms with E-state index in [-0.39, 0.29) is 6.04 Å². The van der Waals surface area contributed by atoms with Crippen LogP contribution in [0.15, 0.2) is 6.20 Å². The molecule has 0 aromatic carbocycles. The van der Waals surface area contributed by atoms with Crippen LogP contribution in [0.3, 0.4) is 0 Å². The van der Waals surface area contributed by atoms with Gasteiger partial charge in [-0.3, -0.25) is 4.68 Å². The minimum atomic E-state index is 0.0388. The molecule has 1 aromatic heterocycles. The summed E-state index contributed by atoms with van der Waals surface area (Å²) in [5.74, 6) is 0. The Bertz CT molecular complexity index is 317. The van der Waals surface area contributed by atoms with Gasteiger partial charge in [0, 0.05) is 14.2 Å². The van der Waals surface area contributed by atoms with Crippen molar-refractivity contribution in [2.24, 2.45) is 0 Å². The standard InChI is InChI=1S/C10H18ClN3O2/c1-12-9(7-16-3)10-8(11)6-13-14(10)4-5-15-2/h6,9,12H,4-5,7H2,1-3H3. The molecule has 1 rings (SSSR count). The molecule has 0 fully saturated rings. The maximum Gasteiger partial charge on any atom is 0.0835 e. The predicted octanol–water partition coefficient (Wildman–Crippen LogP) is 1.09. The lowest BCUT2D eigenvalue weighted by atomic mass is 10.2. The molecule has 1 heterocycles. The fourth-order valence-electron chi connectivity index (χ4n) is 1.54. The van der Waals surface area contributed by atoms with E-state index in [1.54, 1.807) is 20.4 Å². The highest BCUT2D eigenvalue weighted by Gasteiger charge is 2.18. The molecule has 0 aliphatic carbocycles. The predicted molar refractivity (Wildman–Crippen MR) is 62.8 cm³/mol. The van der Waals surface area contributed by atoms with E-state index in [1.807, 2.05) is 11.7 Å². The van der Waals surface area contributed by atoms with Crippen molar-refractivity contribution in [1.82, 2.24) is 15.1 Å². The Morgan fingerprint density at radius 1 is 1.50 bits per heavy atom. The number of hydrogen-bond acceptors (Lipinski definition) is 4. The van der Waals surface area contributed by atoms with E-state index in [1.165, 1.54) is 0 Å². The van der Waals surface area contributed by atoms with Crippen LogP contribution in [-0.4, -0.2) is 44.3 Å². The monoisotopic (exact) mass is 247 g/mol. The number of hydrogen-bond donors (Lipinski definition) is 1. The Labute approximate surface area is 101 Å². The van der Waals surface area contributed by atoms with E-state index in [9.17, 15) is 0 Å². The first-order valence-corrected chi connectivity index (χ1v) is 5.48. The zero-order valence-electron chi connectivity index (χ0n) is 9.86. The molecule has 0 amide bonds. The van der Waals surface area contributed by atoms with Crippen molar-refractivity contribution in [3.05, 3.63) is 16.9 Å². The summed E-state index contributed by atoms with van der Waals surface area (Å²) in [5.41, 5.74) is 0.933. The average Bonchev–Trinajstić information content (AvgIpc) is 2.65. The van der Waals surface area contributed by atoms with E-state index in [0.29, 0.717) is 24.8 Å². The molecule has 6 heteroatoms. The summed E-state index contributed by atoms with van der Waals surface area (Å²) in [4.78, 5) is 0. The summed E-state index contributed by atoms with van der Waals surface area (Å²) in [6.07, 6.45) is 1.65. The molecule has 0 radical (unpaired) electrons. The first kappa shape index (κ1) is 13.4. The van der Waals surface area contributed by atoms with Crippen molar-refractivity contribution in [2.45, 2.75) is 12.6 Å². The van der Waals surface area contributed by atoms with Crippen LogP contribution >= 0.6 is 11.6 Å². The van der Waals surface area contributed by atoms with Gasteiger partial charge in [-0.2, -0.15) is 5.10 Å². The second kappa shape index (κ2) is 6.85. The minimum absolute atomic E-state index is 0.0388. The van der Waals surface area contributed by atoms with Gasteiger partial charge in [0.1, 0.15) is 0 Å². The van der Waals surface area contributed by atoms with Gasteiger partial charge in [-0.1, -0.05) is 11.6 Å². The molecule has 0 aliphatic heterocycles. The first-order valence-electron chi connectivity index (χ1n) is 5.11. The highest BCUT2D eigenvalue weighted by Crippen LogP contribution is 2.22. The van der Waals surface area contributed by atoms with Crippen LogP contribution in [0.1, 0.15) is 11.7 Å². The van der Waals surface area contributed by atoms with Crippen molar-refractivity contribution >= 4 is 11.6 Å². The van der Waals surface area contributed by atoms with Crippen LogP contribution in [0.2, 0.25) is 5.02 Å². The highest BCUT2D eigenvalue weighted by atomic mass is 35.5. The molecule has 0 spiro atoms. The van der Waals surface area contributed by atoms with Gasteiger partial charge < -0.3 is 14.8 Å². The van der Waals surface area contributed by atoms with Gasteiger partial charge >= 0.3 is 0 Å². The van der Waals surface area contributed by atoms with Crippen LogP contribution in [0.25, 0.3) is 0 Å². The number of methoxy groups -OCH3 is 2. The lowest BCUT2D eigenvalue weighted by Crippen LogP contribution is -2.25. The summed E-state index contributed by atoms with van der Waals surface area (Å²) in [6, 6.07) is 0.0388. The number of ether oxygens (including phenoxy) is 2. The molecule has 0 aliphatic rings. The summed E-state index contributed by atoms with van der Waals surface area (Å²) in [6.45, 7) is 1.84. The van der Waals surface area contributed by atoms with Crippen LogP contribution in [-0.2, 0) is 16.0 Å². The summed E-state index contributed by atoms with van der Waals surface area (Å²) < 4.78 is 12.0. The zero-order chi connectivity index (χ0) is 12.0. The number of likely N-dealkylation sites (N-methyl/N-ethyl adjacent to an activating group) is 1. The Kier molecular flexibility index (Phi) is 5.76. The quantitative estimate of drug-likeness (QED) is 0.784. The van der Waals surface area contributed by atoms with Crippen molar-refractivity contribution in [1.29, 1.82) is 0 Å². The fourth-order valence-corrected chi connectivity index (χ4v) is 1.81. The molecule has 16 heavy (non-hydrogen) atoms. The molecular formula is C10H18ClN3O2. The van der Waals surface area contributed by atoms with Gasteiger partial charge in [-0.05, 0) is 7.05 Å². The smallest absolute Gasteiger partial charge is 0.0835 e. The van der Waals surface area contributed by atoms with Crippen LogP contribution in [0.4, 0.5) is 0 Å². The van der Waals surface area contributed by atoms with E-state index in [2.05, 4.69) is 10.4 Å². The fraction of sp³-hybridized carbons (Fsp3) is 0.700. The van der Waals surface area contributed by atoms with Gasteiger partial charge in [0.25, 0.3) is 0 Å². The molecule has 5 nitrogen and oxygen atoms in total. The van der Waals surface area contributed by atoms with E-state index in [4.69, 9.17) is 21.1 Å². The van der Waals surface area contributed by atoms with Crippen molar-refractivity contribution < 1.29 is 9.47 Å². The zero-order valence-corrected chi connectivity index (χ0v) is 10.6. The second-order valence-corrected chi connectivity index (χ2v) is 3.80. The third kappa shape index (κ3) is 3.18. The van der Waals surface area contributed by atoms with Crippen molar-refractivity contribution in [3.8, 4) is 0 Å². The molecule has 0 saturated heterocycles. The molecule has 0 saturated carbocycles. The topological polar surface area (TPSA) is 48.3 Å². The Morgan fingerprint density at radius 2 is 2.25 bits per heavy atom. The molecular weight excluding hydrogens is 230 g/mol. The number of aromatic nitrogens is 2. The SMILES string of the molecule is CNC(COC)c1c(Cl)cnn1CCOC. The normalized spacial score (nSPS) is 13.0. The number of nitrogens with one attached hydrogen (secondary N) is 1. The van der Waals surface area contributed by atoms with Gasteiger partial charge in [-0.15, -0.1) is 0 Å². The second-order valence-electron chi connectivity index (χ2n) is 3.39. The van der Waals surface area contributed by atoms with Gasteiger partial charge in [0.05, 0.1) is 42.7 Å². The number of rotatable bonds is 7. The molecule has 1 unspecified atom stereocenters. The average molecular weight is 248 g/mol. The van der Waals surface area contributed by atoms with E-state index < -0.39 is 0 Å². The number of halogens is 1. The van der Waals surface area contributed by atoms with Gasteiger partial charge in [0.2, 0.25) is 0 Å².